The molecule has 8 aromatic rings. The van der Waals surface area contributed by atoms with Crippen molar-refractivity contribution in [3.63, 3.8) is 0 Å². The minimum atomic E-state index is -0.499. The van der Waals surface area contributed by atoms with Crippen LogP contribution in [-0.2, 0) is 5.41 Å². The van der Waals surface area contributed by atoms with Gasteiger partial charge in [0.05, 0.1) is 5.41 Å². The molecular weight excluding hydrogens is 739 g/mol. The lowest BCUT2D eigenvalue weighted by Gasteiger charge is -2.35. The molecule has 0 bridgehead atoms. The first-order valence-corrected chi connectivity index (χ1v) is 21.4. The van der Waals surface area contributed by atoms with E-state index in [4.69, 9.17) is 9.47 Å². The van der Waals surface area contributed by atoms with Crippen LogP contribution in [0.4, 0.5) is 11.4 Å². The molecule has 0 unspecified atom stereocenters. The molecule has 0 saturated carbocycles. The second kappa shape index (κ2) is 13.6. The lowest BCUT2D eigenvalue weighted by atomic mass is 9.68. The van der Waals surface area contributed by atoms with Crippen LogP contribution < -0.4 is 24.1 Å². The van der Waals surface area contributed by atoms with E-state index in [9.17, 15) is 0 Å². The predicted molar refractivity (Wildman–Crippen MR) is 242 cm³/mol. The maximum absolute atomic E-state index is 7.06. The molecule has 1 aromatic heterocycles. The lowest BCUT2D eigenvalue weighted by Crippen LogP contribution is -2.28. The van der Waals surface area contributed by atoms with Crippen molar-refractivity contribution >= 4 is 44.4 Å². The summed E-state index contributed by atoms with van der Waals surface area (Å²) in [6.45, 7) is 0. The van der Waals surface area contributed by atoms with Crippen molar-refractivity contribution < 1.29 is 9.47 Å². The van der Waals surface area contributed by atoms with Crippen molar-refractivity contribution in [2.75, 3.05) is 4.90 Å². The molecule has 1 aliphatic heterocycles. The van der Waals surface area contributed by atoms with E-state index in [2.05, 4.69) is 193 Å². The van der Waals surface area contributed by atoms with Gasteiger partial charge in [-0.05, 0) is 105 Å². The Labute approximate surface area is 347 Å². The Balaban J connectivity index is 0.941. The number of fused-ring (bicyclic) bond motifs is 8. The monoisotopic (exact) mass is 777 g/mol. The number of ether oxygens (including phenoxy) is 2. The first-order chi connectivity index (χ1) is 29.3. The summed E-state index contributed by atoms with van der Waals surface area (Å²) in [6, 6.07) is 63.7. The number of rotatable bonds is 6. The number of para-hydroxylation sites is 1. The molecule has 12 rings (SSSR count). The highest BCUT2D eigenvalue weighted by Gasteiger charge is 2.48. The summed E-state index contributed by atoms with van der Waals surface area (Å²) in [4.78, 5) is 2.38. The van der Waals surface area contributed by atoms with Crippen molar-refractivity contribution in [2.45, 2.75) is 31.1 Å². The first kappa shape index (κ1) is 34.2. The van der Waals surface area contributed by atoms with E-state index in [1.807, 2.05) is 11.3 Å². The molecule has 2 heterocycles. The summed E-state index contributed by atoms with van der Waals surface area (Å²) in [5.74, 6) is 3.18. The third-order valence-corrected chi connectivity index (χ3v) is 13.8. The summed E-state index contributed by atoms with van der Waals surface area (Å²) in [5.41, 5.74) is 12.9. The van der Waals surface area contributed by atoms with Crippen LogP contribution in [0.2, 0.25) is 0 Å². The summed E-state index contributed by atoms with van der Waals surface area (Å²) < 4.78 is 16.7. The number of benzene rings is 7. The Morgan fingerprint density at radius 1 is 0.559 bits per heavy atom. The Morgan fingerprint density at radius 3 is 2.02 bits per heavy atom. The number of hydrogen-bond acceptors (Lipinski definition) is 4. The number of hydrogen-bond donors (Lipinski definition) is 0. The van der Waals surface area contributed by atoms with E-state index in [1.54, 1.807) is 0 Å². The van der Waals surface area contributed by atoms with Crippen LogP contribution >= 0.6 is 11.3 Å². The zero-order valence-corrected chi connectivity index (χ0v) is 33.2. The van der Waals surface area contributed by atoms with Gasteiger partial charge in [-0.3, -0.25) is 0 Å². The average molecular weight is 778 g/mol. The fourth-order valence-corrected chi connectivity index (χ4v) is 11.4. The zero-order valence-electron chi connectivity index (χ0n) is 32.4. The predicted octanol–water partition coefficient (Wildman–Crippen LogP) is 12.5. The van der Waals surface area contributed by atoms with Gasteiger partial charge in [-0.25, -0.2) is 0 Å². The van der Waals surface area contributed by atoms with E-state index >= 15 is 0 Å². The Hall–Kier alpha value is -6.88. The molecule has 0 saturated heterocycles. The zero-order chi connectivity index (χ0) is 38.9. The molecule has 4 heteroatoms. The fraction of sp³-hybridized carbons (Fsp3) is 0.0909. The lowest BCUT2D eigenvalue weighted by molar-refractivity contribution is 0.289. The molecule has 0 spiro atoms. The van der Waals surface area contributed by atoms with Gasteiger partial charge in [-0.15, -0.1) is 11.3 Å². The largest absolute Gasteiger partial charge is 0.453 e. The third kappa shape index (κ3) is 5.26. The quantitative estimate of drug-likeness (QED) is 0.168. The number of allylic oxidation sites excluding steroid dienone is 3. The summed E-state index contributed by atoms with van der Waals surface area (Å²) in [7, 11) is 0. The number of thiophene rings is 1. The van der Waals surface area contributed by atoms with Gasteiger partial charge in [0.1, 0.15) is 5.76 Å². The molecule has 59 heavy (non-hydrogen) atoms. The summed E-state index contributed by atoms with van der Waals surface area (Å²) in [5, 5.41) is 2.77. The van der Waals surface area contributed by atoms with E-state index in [1.165, 1.54) is 64.5 Å². The SMILES string of the molecule is C1=C(N(c2ccccc2)c2ccc(C3=c4sc5ccccc5c4=CCC3)cc2)CCC2=C1Oc1ccc3c(c1O2)-c1ccccc1C3(c1ccccc1)c1ccccc1. The summed E-state index contributed by atoms with van der Waals surface area (Å²) in [6.07, 6.45) is 8.25. The van der Waals surface area contributed by atoms with Crippen LogP contribution in [0.15, 0.2) is 199 Å². The van der Waals surface area contributed by atoms with Crippen LogP contribution in [0.1, 0.15) is 53.5 Å². The van der Waals surface area contributed by atoms with Gasteiger partial charge in [0, 0.05) is 44.4 Å². The Morgan fingerprint density at radius 2 is 1.24 bits per heavy atom. The van der Waals surface area contributed by atoms with Gasteiger partial charge in [-0.2, -0.15) is 0 Å². The molecule has 0 N–H and O–H groups in total. The molecule has 7 aromatic carbocycles. The standard InChI is InChI=1S/C55H39NO2S/c1-4-15-37(16-5-1)55(38-17-6-2-7-18-38)46-25-12-10-22-45(46)52-47(55)32-34-49-53(52)58-48-33-31-41(35-50(48)57-49)56(39-19-8-3-9-20-39)40-29-27-36(28-30-40)42-23-14-24-44-43-21-11-13-26-51(43)59-54(42)44/h1-13,15-22,24-30,32,34-35H,14,23,31,33H2. The topological polar surface area (TPSA) is 21.7 Å². The van der Waals surface area contributed by atoms with Gasteiger partial charge < -0.3 is 14.4 Å². The van der Waals surface area contributed by atoms with Crippen LogP contribution in [0.25, 0.3) is 32.9 Å². The molecule has 3 aliphatic carbocycles. The molecule has 4 aliphatic rings. The minimum Gasteiger partial charge on any atom is -0.453 e. The smallest absolute Gasteiger partial charge is 0.177 e. The van der Waals surface area contributed by atoms with Crippen LogP contribution in [0.5, 0.6) is 11.5 Å². The molecule has 0 fully saturated rings. The van der Waals surface area contributed by atoms with E-state index in [0.29, 0.717) is 0 Å². The van der Waals surface area contributed by atoms with Gasteiger partial charge in [0.15, 0.2) is 17.3 Å². The van der Waals surface area contributed by atoms with Gasteiger partial charge in [-0.1, -0.05) is 146 Å². The van der Waals surface area contributed by atoms with Crippen molar-refractivity contribution in [2.24, 2.45) is 0 Å². The average Bonchev–Trinajstić information content (AvgIpc) is 3.84. The molecule has 3 nitrogen and oxygen atoms in total. The van der Waals surface area contributed by atoms with Crippen molar-refractivity contribution in [3.05, 3.63) is 237 Å². The van der Waals surface area contributed by atoms with Gasteiger partial charge >= 0.3 is 0 Å². The van der Waals surface area contributed by atoms with E-state index < -0.39 is 5.41 Å². The van der Waals surface area contributed by atoms with Crippen LogP contribution in [0.3, 0.4) is 0 Å². The second-order valence-electron chi connectivity index (χ2n) is 15.8. The maximum atomic E-state index is 7.06. The minimum absolute atomic E-state index is 0.499. The van der Waals surface area contributed by atoms with Gasteiger partial charge in [0.2, 0.25) is 0 Å². The van der Waals surface area contributed by atoms with Crippen molar-refractivity contribution in [3.8, 4) is 22.6 Å². The maximum Gasteiger partial charge on any atom is 0.177 e. The number of anilines is 2. The van der Waals surface area contributed by atoms with Crippen LogP contribution in [-0.4, -0.2) is 0 Å². The van der Waals surface area contributed by atoms with Gasteiger partial charge in [0.25, 0.3) is 0 Å². The Bertz CT molecular complexity index is 3100. The normalized spacial score (nSPS) is 15.7. The van der Waals surface area contributed by atoms with E-state index in [0.717, 1.165) is 65.6 Å². The Kier molecular flexibility index (Phi) is 7.89. The number of nitrogens with zero attached hydrogens (tertiary/aromatic N) is 1. The highest BCUT2D eigenvalue weighted by molar-refractivity contribution is 7.17. The highest BCUT2D eigenvalue weighted by atomic mass is 32.1. The third-order valence-electron chi connectivity index (χ3n) is 12.6. The molecule has 0 amide bonds. The first-order valence-electron chi connectivity index (χ1n) is 20.6. The molecular formula is C55H39NO2S. The highest BCUT2D eigenvalue weighted by Crippen LogP contribution is 2.61. The second-order valence-corrected chi connectivity index (χ2v) is 16.8. The fourth-order valence-electron chi connectivity index (χ4n) is 10.0. The summed E-state index contributed by atoms with van der Waals surface area (Å²) >= 11 is 1.92. The van der Waals surface area contributed by atoms with Crippen LogP contribution in [0, 0.1) is 0 Å². The molecule has 0 atom stereocenters. The van der Waals surface area contributed by atoms with Crippen molar-refractivity contribution in [1.29, 1.82) is 0 Å². The molecule has 282 valence electrons. The molecule has 0 radical (unpaired) electrons. The van der Waals surface area contributed by atoms with Crippen molar-refractivity contribution in [1.82, 2.24) is 0 Å². The van der Waals surface area contributed by atoms with E-state index in [-0.39, 0.29) is 0 Å².